The fourth-order valence-electron chi connectivity index (χ4n) is 2.35. The molecule has 2 rings (SSSR count). The number of benzene rings is 2. The van der Waals surface area contributed by atoms with Crippen LogP contribution in [0.5, 0.6) is 0 Å². The highest BCUT2D eigenvalue weighted by Crippen LogP contribution is 2.32. The summed E-state index contributed by atoms with van der Waals surface area (Å²) in [6.45, 7) is 0.180. The number of para-hydroxylation sites is 1. The Morgan fingerprint density at radius 3 is 2.23 bits per heavy atom. The molecule has 0 saturated heterocycles. The first-order chi connectivity index (χ1) is 12.0. The van der Waals surface area contributed by atoms with Crippen molar-refractivity contribution in [2.45, 2.75) is 17.5 Å². The minimum Gasteiger partial charge on any atom is -0.379 e. The molecule has 0 fully saturated rings. The Balaban J connectivity index is 2.14. The van der Waals surface area contributed by atoms with E-state index in [1.54, 1.807) is 0 Å². The van der Waals surface area contributed by atoms with E-state index in [2.05, 4.69) is 5.32 Å². The van der Waals surface area contributed by atoms with Gasteiger partial charge >= 0.3 is 11.9 Å². The lowest BCUT2D eigenvalue weighted by Gasteiger charge is -2.10. The first kappa shape index (κ1) is 19.7. The second-order valence-electron chi connectivity index (χ2n) is 5.55. The van der Waals surface area contributed by atoms with E-state index < -0.39 is 37.1 Å². The van der Waals surface area contributed by atoms with Crippen molar-refractivity contribution in [2.24, 2.45) is 0 Å². The summed E-state index contributed by atoms with van der Waals surface area (Å²) in [6, 6.07) is 8.47. The highest BCUT2D eigenvalue weighted by molar-refractivity contribution is 7.90. The number of anilines is 1. The Hall–Kier alpha value is -2.62. The molecule has 0 bridgehead atoms. The first-order valence-corrected chi connectivity index (χ1v) is 9.27. The van der Waals surface area contributed by atoms with Crippen LogP contribution in [0.4, 0.5) is 24.5 Å². The maximum Gasteiger partial charge on any atom is 0.416 e. The topological polar surface area (TPSA) is 89.3 Å². The van der Waals surface area contributed by atoms with E-state index in [-0.39, 0.29) is 12.2 Å². The van der Waals surface area contributed by atoms with Crippen molar-refractivity contribution in [1.82, 2.24) is 0 Å². The maximum atomic E-state index is 12.5. The zero-order chi connectivity index (χ0) is 19.5. The van der Waals surface area contributed by atoms with Gasteiger partial charge in [0.15, 0.2) is 9.84 Å². The molecular weight excluding hydrogens is 373 g/mol. The second kappa shape index (κ2) is 7.32. The SMILES string of the molecule is CS(=O)(=O)c1cccc(NCCc2ccc(C(F)(F)F)cc2)c1[N+](=O)[O-]. The molecule has 6 nitrogen and oxygen atoms in total. The summed E-state index contributed by atoms with van der Waals surface area (Å²) < 4.78 is 61.0. The van der Waals surface area contributed by atoms with E-state index in [9.17, 15) is 31.7 Å². The van der Waals surface area contributed by atoms with E-state index in [1.807, 2.05) is 0 Å². The van der Waals surface area contributed by atoms with Gasteiger partial charge in [-0.05, 0) is 36.2 Å². The van der Waals surface area contributed by atoms with Crippen LogP contribution in [0.2, 0.25) is 0 Å². The fraction of sp³-hybridized carbons (Fsp3) is 0.250. The molecule has 0 heterocycles. The van der Waals surface area contributed by atoms with Gasteiger partial charge in [0.2, 0.25) is 0 Å². The zero-order valence-corrected chi connectivity index (χ0v) is 14.4. The van der Waals surface area contributed by atoms with Gasteiger partial charge in [-0.15, -0.1) is 0 Å². The molecule has 0 aliphatic carbocycles. The van der Waals surface area contributed by atoms with Gasteiger partial charge in [-0.2, -0.15) is 13.2 Å². The summed E-state index contributed by atoms with van der Waals surface area (Å²) in [4.78, 5) is 10.1. The van der Waals surface area contributed by atoms with Gasteiger partial charge in [-0.25, -0.2) is 8.42 Å². The fourth-order valence-corrected chi connectivity index (χ4v) is 3.22. The first-order valence-electron chi connectivity index (χ1n) is 7.37. The molecule has 10 heteroatoms. The monoisotopic (exact) mass is 388 g/mol. The van der Waals surface area contributed by atoms with E-state index in [0.29, 0.717) is 12.0 Å². The highest BCUT2D eigenvalue weighted by Gasteiger charge is 2.30. The molecule has 0 amide bonds. The number of nitro groups is 1. The van der Waals surface area contributed by atoms with Crippen molar-refractivity contribution in [3.8, 4) is 0 Å². The summed E-state index contributed by atoms with van der Waals surface area (Å²) in [6.07, 6.45) is -3.23. The highest BCUT2D eigenvalue weighted by atomic mass is 32.2. The van der Waals surface area contributed by atoms with Crippen LogP contribution in [0.25, 0.3) is 0 Å². The number of alkyl halides is 3. The normalized spacial score (nSPS) is 12.0. The average molecular weight is 388 g/mol. The molecule has 1 N–H and O–H groups in total. The van der Waals surface area contributed by atoms with Crippen molar-refractivity contribution < 1.29 is 26.5 Å². The molecule has 0 aliphatic rings. The van der Waals surface area contributed by atoms with Crippen molar-refractivity contribution in [2.75, 3.05) is 18.1 Å². The van der Waals surface area contributed by atoms with E-state index in [4.69, 9.17) is 0 Å². The number of hydrogen-bond donors (Lipinski definition) is 1. The van der Waals surface area contributed by atoms with Gasteiger partial charge in [0.05, 0.1) is 10.5 Å². The van der Waals surface area contributed by atoms with Gasteiger partial charge in [0.25, 0.3) is 0 Å². The number of hydrogen-bond acceptors (Lipinski definition) is 5. The van der Waals surface area contributed by atoms with Crippen LogP contribution in [0, 0.1) is 10.1 Å². The maximum absolute atomic E-state index is 12.5. The summed E-state index contributed by atoms with van der Waals surface area (Å²) in [5.74, 6) is 0. The molecule has 0 atom stereocenters. The van der Waals surface area contributed by atoms with Crippen molar-refractivity contribution >= 4 is 21.2 Å². The molecule has 0 radical (unpaired) electrons. The van der Waals surface area contributed by atoms with Crippen LogP contribution in [-0.4, -0.2) is 26.1 Å². The van der Waals surface area contributed by atoms with E-state index >= 15 is 0 Å². The Morgan fingerprint density at radius 2 is 1.73 bits per heavy atom. The van der Waals surface area contributed by atoms with Gasteiger partial charge in [0.1, 0.15) is 10.6 Å². The number of halogens is 3. The smallest absolute Gasteiger partial charge is 0.379 e. The lowest BCUT2D eigenvalue weighted by Crippen LogP contribution is -2.10. The van der Waals surface area contributed by atoms with Gasteiger partial charge in [-0.1, -0.05) is 18.2 Å². The third-order valence-corrected chi connectivity index (χ3v) is 4.72. The molecule has 0 aliphatic heterocycles. The largest absolute Gasteiger partial charge is 0.416 e. The van der Waals surface area contributed by atoms with Crippen molar-refractivity contribution in [3.05, 3.63) is 63.7 Å². The minimum atomic E-state index is -4.41. The lowest BCUT2D eigenvalue weighted by atomic mass is 10.1. The molecule has 0 saturated carbocycles. The molecule has 0 unspecified atom stereocenters. The zero-order valence-electron chi connectivity index (χ0n) is 13.6. The molecular formula is C16H15F3N2O4S. The molecule has 0 spiro atoms. The second-order valence-corrected chi connectivity index (χ2v) is 7.54. The molecule has 140 valence electrons. The molecule has 2 aromatic rings. The standard InChI is InChI=1S/C16H15F3N2O4S/c1-26(24,25)14-4-2-3-13(15(14)21(22)23)20-10-9-11-5-7-12(8-6-11)16(17,18)19/h2-8,20H,9-10H2,1H3. The lowest BCUT2D eigenvalue weighted by molar-refractivity contribution is -0.386. The Labute approximate surface area is 147 Å². The predicted molar refractivity (Wildman–Crippen MR) is 89.8 cm³/mol. The van der Waals surface area contributed by atoms with Crippen molar-refractivity contribution in [3.63, 3.8) is 0 Å². The van der Waals surface area contributed by atoms with Crippen LogP contribution < -0.4 is 5.32 Å². The summed E-state index contributed by atoms with van der Waals surface area (Å²) in [7, 11) is -3.79. The number of nitro benzene ring substituents is 1. The van der Waals surface area contributed by atoms with Gasteiger partial charge < -0.3 is 5.32 Å². The quantitative estimate of drug-likeness (QED) is 0.602. The minimum absolute atomic E-state index is 0.0323. The van der Waals surface area contributed by atoms with Crippen LogP contribution in [-0.2, 0) is 22.4 Å². The summed E-state index contributed by atoms with van der Waals surface area (Å²) in [5, 5.41) is 14.0. The third kappa shape index (κ3) is 4.72. The molecule has 2 aromatic carbocycles. The van der Waals surface area contributed by atoms with Crippen LogP contribution in [0.3, 0.4) is 0 Å². The van der Waals surface area contributed by atoms with Crippen LogP contribution in [0.1, 0.15) is 11.1 Å². The Kier molecular flexibility index (Phi) is 5.55. The van der Waals surface area contributed by atoms with E-state index in [0.717, 1.165) is 24.5 Å². The van der Waals surface area contributed by atoms with Crippen LogP contribution >= 0.6 is 0 Å². The summed E-state index contributed by atoms with van der Waals surface area (Å²) in [5.41, 5.74) is -0.676. The number of sulfone groups is 1. The third-order valence-electron chi connectivity index (χ3n) is 3.59. The van der Waals surface area contributed by atoms with E-state index in [1.165, 1.54) is 24.3 Å². The summed E-state index contributed by atoms with van der Waals surface area (Å²) >= 11 is 0. The molecule has 26 heavy (non-hydrogen) atoms. The number of rotatable bonds is 6. The van der Waals surface area contributed by atoms with Crippen LogP contribution in [0.15, 0.2) is 47.4 Å². The number of nitrogens with zero attached hydrogens (tertiary/aromatic N) is 1. The predicted octanol–water partition coefficient (Wildman–Crippen LogP) is 3.67. The van der Waals surface area contributed by atoms with Crippen molar-refractivity contribution in [1.29, 1.82) is 0 Å². The average Bonchev–Trinajstić information content (AvgIpc) is 2.53. The Bertz CT molecular complexity index is 910. The molecule has 0 aromatic heterocycles. The van der Waals surface area contributed by atoms with Gasteiger partial charge in [0, 0.05) is 12.8 Å². The Morgan fingerprint density at radius 1 is 1.12 bits per heavy atom. The van der Waals surface area contributed by atoms with Gasteiger partial charge in [-0.3, -0.25) is 10.1 Å². The number of nitrogens with one attached hydrogen (secondary N) is 1.